The Morgan fingerprint density at radius 3 is 2.57 bits per heavy atom. The van der Waals surface area contributed by atoms with Crippen LogP contribution < -0.4 is 5.32 Å². The lowest BCUT2D eigenvalue weighted by molar-refractivity contribution is 0.112. The Labute approximate surface area is 131 Å². The van der Waals surface area contributed by atoms with Crippen molar-refractivity contribution in [3.05, 3.63) is 0 Å². The molecule has 0 aromatic heterocycles. The fraction of sp³-hybridized carbons (Fsp3) is 1.00. The first-order chi connectivity index (χ1) is 10.2. The minimum Gasteiger partial charge on any atom is -0.394 e. The van der Waals surface area contributed by atoms with Crippen LogP contribution in [0.2, 0.25) is 0 Å². The van der Waals surface area contributed by atoms with Gasteiger partial charge >= 0.3 is 0 Å². The zero-order valence-electron chi connectivity index (χ0n) is 14.2. The third-order valence-electron chi connectivity index (χ3n) is 5.92. The first kappa shape index (κ1) is 17.2. The van der Waals surface area contributed by atoms with Gasteiger partial charge in [-0.2, -0.15) is 0 Å². The number of aliphatic hydroxyl groups excluding tert-OH is 1. The number of nitrogens with zero attached hydrogens (tertiary/aromatic N) is 1. The molecule has 21 heavy (non-hydrogen) atoms. The Hall–Kier alpha value is -0.120. The average Bonchev–Trinajstić information content (AvgIpc) is 2.90. The third-order valence-corrected chi connectivity index (χ3v) is 5.92. The molecule has 0 aromatic carbocycles. The van der Waals surface area contributed by atoms with Crippen molar-refractivity contribution < 1.29 is 5.11 Å². The zero-order chi connectivity index (χ0) is 15.1. The number of rotatable bonds is 8. The van der Waals surface area contributed by atoms with Gasteiger partial charge in [0.15, 0.2) is 0 Å². The Morgan fingerprint density at radius 2 is 1.90 bits per heavy atom. The molecular weight excluding hydrogens is 260 g/mol. The van der Waals surface area contributed by atoms with Gasteiger partial charge in [-0.1, -0.05) is 32.6 Å². The molecule has 3 heteroatoms. The summed E-state index contributed by atoms with van der Waals surface area (Å²) in [5, 5.41) is 13.5. The fourth-order valence-electron chi connectivity index (χ4n) is 4.69. The number of likely N-dealkylation sites (N-methyl/N-ethyl adjacent to an activating group) is 1. The Morgan fingerprint density at radius 1 is 1.14 bits per heavy atom. The molecule has 0 heterocycles. The number of aliphatic hydroxyl groups is 1. The Kier molecular flexibility index (Phi) is 6.97. The van der Waals surface area contributed by atoms with Crippen molar-refractivity contribution in [2.45, 2.75) is 70.3 Å². The predicted molar refractivity (Wildman–Crippen MR) is 89.5 cm³/mol. The zero-order valence-corrected chi connectivity index (χ0v) is 14.2. The van der Waals surface area contributed by atoms with Gasteiger partial charge in [0.1, 0.15) is 0 Å². The number of nitrogens with one attached hydrogen (secondary N) is 1. The molecule has 2 N–H and O–H groups in total. The van der Waals surface area contributed by atoms with Crippen molar-refractivity contribution in [3.8, 4) is 0 Å². The van der Waals surface area contributed by atoms with Gasteiger partial charge in [0.05, 0.1) is 6.61 Å². The van der Waals surface area contributed by atoms with Gasteiger partial charge in [-0.3, -0.25) is 0 Å². The van der Waals surface area contributed by atoms with Gasteiger partial charge in [-0.15, -0.1) is 0 Å². The Balaban J connectivity index is 1.75. The van der Waals surface area contributed by atoms with Gasteiger partial charge in [-0.25, -0.2) is 0 Å². The summed E-state index contributed by atoms with van der Waals surface area (Å²) < 4.78 is 0. The van der Waals surface area contributed by atoms with E-state index in [1.54, 1.807) is 0 Å². The highest BCUT2D eigenvalue weighted by molar-refractivity contribution is 4.98. The molecule has 124 valence electrons. The van der Waals surface area contributed by atoms with E-state index in [-0.39, 0.29) is 5.54 Å². The molecule has 2 saturated carbocycles. The number of hydrogen-bond donors (Lipinski definition) is 2. The summed E-state index contributed by atoms with van der Waals surface area (Å²) in [4.78, 5) is 2.54. The van der Waals surface area contributed by atoms with Crippen LogP contribution in [0.3, 0.4) is 0 Å². The highest BCUT2D eigenvalue weighted by atomic mass is 16.3. The van der Waals surface area contributed by atoms with Crippen molar-refractivity contribution in [3.63, 3.8) is 0 Å². The van der Waals surface area contributed by atoms with Crippen LogP contribution in [0.5, 0.6) is 0 Å². The van der Waals surface area contributed by atoms with E-state index in [0.717, 1.165) is 18.9 Å². The summed E-state index contributed by atoms with van der Waals surface area (Å²) in [5.74, 6) is 1.58. The van der Waals surface area contributed by atoms with Crippen molar-refractivity contribution in [2.24, 2.45) is 11.8 Å². The molecule has 2 atom stereocenters. The quantitative estimate of drug-likeness (QED) is 0.723. The minimum absolute atomic E-state index is 0.0143. The molecule has 3 nitrogen and oxygen atoms in total. The van der Waals surface area contributed by atoms with E-state index in [1.165, 1.54) is 64.5 Å². The van der Waals surface area contributed by atoms with Gasteiger partial charge in [0.25, 0.3) is 0 Å². The summed E-state index contributed by atoms with van der Waals surface area (Å²) in [7, 11) is 2.29. The first-order valence-corrected chi connectivity index (χ1v) is 9.24. The van der Waals surface area contributed by atoms with Crippen molar-refractivity contribution in [2.75, 3.05) is 33.3 Å². The van der Waals surface area contributed by atoms with Crippen LogP contribution in [0.15, 0.2) is 0 Å². The standard InChI is InChI=1S/C18H36N2O/c1-3-19-18(15-21)12-7-10-17(18)11-13-20(2)14-16-8-5-4-6-9-16/h16-17,19,21H,3-15H2,1-2H3. The molecule has 0 aliphatic heterocycles. The van der Waals surface area contributed by atoms with E-state index in [4.69, 9.17) is 0 Å². The molecule has 2 fully saturated rings. The summed E-state index contributed by atoms with van der Waals surface area (Å²) in [6.07, 6.45) is 12.1. The summed E-state index contributed by atoms with van der Waals surface area (Å²) >= 11 is 0. The van der Waals surface area contributed by atoms with Crippen LogP contribution in [0.25, 0.3) is 0 Å². The van der Waals surface area contributed by atoms with E-state index < -0.39 is 0 Å². The highest BCUT2D eigenvalue weighted by Crippen LogP contribution is 2.37. The van der Waals surface area contributed by atoms with Crippen LogP contribution in [0.4, 0.5) is 0 Å². The van der Waals surface area contributed by atoms with E-state index in [1.807, 2.05) is 0 Å². The van der Waals surface area contributed by atoms with Crippen LogP contribution >= 0.6 is 0 Å². The molecule has 0 radical (unpaired) electrons. The van der Waals surface area contributed by atoms with Gasteiger partial charge in [0, 0.05) is 12.1 Å². The van der Waals surface area contributed by atoms with Crippen molar-refractivity contribution in [1.29, 1.82) is 0 Å². The van der Waals surface area contributed by atoms with Crippen LogP contribution in [0, 0.1) is 11.8 Å². The summed E-state index contributed by atoms with van der Waals surface area (Å²) in [6, 6.07) is 0. The molecule has 2 unspecified atom stereocenters. The topological polar surface area (TPSA) is 35.5 Å². The van der Waals surface area contributed by atoms with E-state index >= 15 is 0 Å². The normalized spacial score (nSPS) is 31.1. The van der Waals surface area contributed by atoms with E-state index in [2.05, 4.69) is 24.2 Å². The lowest BCUT2D eigenvalue weighted by atomic mass is 9.84. The van der Waals surface area contributed by atoms with Gasteiger partial charge < -0.3 is 15.3 Å². The summed E-state index contributed by atoms with van der Waals surface area (Å²) in [6.45, 7) is 5.89. The molecule has 0 amide bonds. The third kappa shape index (κ3) is 4.67. The lowest BCUT2D eigenvalue weighted by Crippen LogP contribution is -2.51. The smallest absolute Gasteiger partial charge is 0.0616 e. The molecule has 2 aliphatic rings. The second kappa shape index (κ2) is 8.50. The van der Waals surface area contributed by atoms with Crippen LogP contribution in [0.1, 0.15) is 64.7 Å². The molecule has 0 saturated heterocycles. The fourth-order valence-corrected chi connectivity index (χ4v) is 4.69. The lowest BCUT2D eigenvalue weighted by Gasteiger charge is -2.36. The average molecular weight is 296 g/mol. The second-order valence-corrected chi connectivity index (χ2v) is 7.49. The second-order valence-electron chi connectivity index (χ2n) is 7.49. The molecule has 0 spiro atoms. The molecular formula is C18H36N2O. The van der Waals surface area contributed by atoms with Crippen LogP contribution in [-0.4, -0.2) is 48.8 Å². The molecule has 0 bridgehead atoms. The monoisotopic (exact) mass is 296 g/mol. The highest BCUT2D eigenvalue weighted by Gasteiger charge is 2.41. The molecule has 0 aromatic rings. The molecule has 2 aliphatic carbocycles. The van der Waals surface area contributed by atoms with Gasteiger partial charge in [-0.05, 0) is 64.1 Å². The molecule has 2 rings (SSSR count). The predicted octanol–water partition coefficient (Wildman–Crippen LogP) is 3.03. The maximum atomic E-state index is 9.87. The summed E-state index contributed by atoms with van der Waals surface area (Å²) in [5.41, 5.74) is 0.0143. The van der Waals surface area contributed by atoms with Crippen LogP contribution in [-0.2, 0) is 0 Å². The SMILES string of the molecule is CCNC1(CO)CCCC1CCN(C)CC1CCCCC1. The number of hydrogen-bond acceptors (Lipinski definition) is 3. The van der Waals surface area contributed by atoms with Crippen molar-refractivity contribution >= 4 is 0 Å². The largest absolute Gasteiger partial charge is 0.394 e. The van der Waals surface area contributed by atoms with E-state index in [0.29, 0.717) is 12.5 Å². The maximum Gasteiger partial charge on any atom is 0.0616 e. The minimum atomic E-state index is 0.0143. The van der Waals surface area contributed by atoms with Gasteiger partial charge in [0.2, 0.25) is 0 Å². The van der Waals surface area contributed by atoms with E-state index in [9.17, 15) is 5.11 Å². The van der Waals surface area contributed by atoms with Crippen molar-refractivity contribution in [1.82, 2.24) is 10.2 Å². The first-order valence-electron chi connectivity index (χ1n) is 9.24. The maximum absolute atomic E-state index is 9.87. The Bertz CT molecular complexity index is 291.